The van der Waals surface area contributed by atoms with E-state index in [-0.39, 0.29) is 6.10 Å². The molecule has 1 aliphatic rings. The summed E-state index contributed by atoms with van der Waals surface area (Å²) >= 11 is 0. The molecule has 0 radical (unpaired) electrons. The monoisotopic (exact) mass is 277 g/mol. The van der Waals surface area contributed by atoms with Gasteiger partial charge in [0.2, 0.25) is 0 Å². The number of aliphatic hydroxyl groups is 1. The molecule has 1 heterocycles. The van der Waals surface area contributed by atoms with Crippen molar-refractivity contribution < 1.29 is 5.11 Å². The van der Waals surface area contributed by atoms with E-state index in [2.05, 4.69) is 23.9 Å². The van der Waals surface area contributed by atoms with E-state index in [0.717, 1.165) is 25.8 Å². The van der Waals surface area contributed by atoms with Crippen molar-refractivity contribution in [2.75, 3.05) is 0 Å². The van der Waals surface area contributed by atoms with Gasteiger partial charge >= 0.3 is 0 Å². The molecule has 1 unspecified atom stereocenters. The second-order valence-corrected chi connectivity index (χ2v) is 6.36. The summed E-state index contributed by atoms with van der Waals surface area (Å²) in [7, 11) is 0. The van der Waals surface area contributed by atoms with Crippen LogP contribution in [-0.2, 0) is 13.0 Å². The number of hydrogen-bond acceptors (Lipinski definition) is 1. The molecule has 0 aromatic carbocycles. The summed E-state index contributed by atoms with van der Waals surface area (Å²) < 4.78 is 2.30. The van der Waals surface area contributed by atoms with Gasteiger partial charge in [-0.2, -0.15) is 0 Å². The van der Waals surface area contributed by atoms with E-state index in [1.165, 1.54) is 62.5 Å². The molecule has 1 aromatic heterocycles. The van der Waals surface area contributed by atoms with Crippen molar-refractivity contribution in [3.8, 4) is 0 Å². The van der Waals surface area contributed by atoms with E-state index >= 15 is 0 Å². The van der Waals surface area contributed by atoms with Crippen LogP contribution < -0.4 is 0 Å². The summed E-state index contributed by atoms with van der Waals surface area (Å²) in [4.78, 5) is 0. The van der Waals surface area contributed by atoms with Crippen LogP contribution in [0.25, 0.3) is 0 Å². The molecule has 20 heavy (non-hydrogen) atoms. The van der Waals surface area contributed by atoms with Gasteiger partial charge in [-0.05, 0) is 31.2 Å². The fourth-order valence-electron chi connectivity index (χ4n) is 3.28. The van der Waals surface area contributed by atoms with Crippen molar-refractivity contribution in [2.45, 2.75) is 90.2 Å². The minimum absolute atomic E-state index is 0.210. The number of aliphatic hydroxyl groups excluding tert-OH is 1. The second kappa shape index (κ2) is 8.51. The van der Waals surface area contributed by atoms with Crippen LogP contribution in [0.4, 0.5) is 0 Å². The number of aryl methyl sites for hydroxylation is 2. The molecule has 0 bridgehead atoms. The number of rotatable bonds is 9. The minimum atomic E-state index is -0.210. The maximum atomic E-state index is 9.97. The predicted molar refractivity (Wildman–Crippen MR) is 84.9 cm³/mol. The molecule has 0 spiro atoms. The topological polar surface area (TPSA) is 25.2 Å². The maximum absolute atomic E-state index is 9.97. The molecule has 1 aliphatic carbocycles. The van der Waals surface area contributed by atoms with E-state index < -0.39 is 0 Å². The van der Waals surface area contributed by atoms with Crippen LogP contribution in [0.15, 0.2) is 12.4 Å². The number of nitrogens with zero attached hydrogens (tertiary/aromatic N) is 1. The normalized spacial score (nSPS) is 18.2. The summed E-state index contributed by atoms with van der Waals surface area (Å²) in [5.74, 6) is 0. The Morgan fingerprint density at radius 2 is 1.75 bits per heavy atom. The Kier molecular flexibility index (Phi) is 6.65. The largest absolute Gasteiger partial charge is 0.388 e. The average Bonchev–Trinajstić information content (AvgIpc) is 2.86. The molecule has 0 saturated heterocycles. The highest BCUT2D eigenvalue weighted by atomic mass is 16.3. The first-order valence-electron chi connectivity index (χ1n) is 8.68. The average molecular weight is 277 g/mol. The third-order valence-corrected chi connectivity index (χ3v) is 4.55. The van der Waals surface area contributed by atoms with Crippen molar-refractivity contribution in [1.29, 1.82) is 0 Å². The first kappa shape index (κ1) is 15.6. The third-order valence-electron chi connectivity index (χ3n) is 4.55. The van der Waals surface area contributed by atoms with E-state index in [4.69, 9.17) is 0 Å². The smallest absolute Gasteiger partial charge is 0.0807 e. The third kappa shape index (κ3) is 4.66. The lowest BCUT2D eigenvalue weighted by Gasteiger charge is -2.16. The second-order valence-electron chi connectivity index (χ2n) is 6.36. The first-order chi connectivity index (χ1) is 9.81. The van der Waals surface area contributed by atoms with Crippen LogP contribution >= 0.6 is 0 Å². The Morgan fingerprint density at radius 3 is 2.45 bits per heavy atom. The Bertz CT molecular complexity index is 383. The Morgan fingerprint density at radius 1 is 1.05 bits per heavy atom. The quantitative estimate of drug-likeness (QED) is 0.631. The molecule has 0 saturated carbocycles. The van der Waals surface area contributed by atoms with E-state index in [1.54, 1.807) is 0 Å². The molecule has 2 nitrogen and oxygen atoms in total. The van der Waals surface area contributed by atoms with Gasteiger partial charge in [-0.1, -0.05) is 51.9 Å². The summed E-state index contributed by atoms with van der Waals surface area (Å²) in [5, 5.41) is 9.97. The first-order valence-corrected chi connectivity index (χ1v) is 8.68. The molecular weight excluding hydrogens is 246 g/mol. The highest BCUT2D eigenvalue weighted by Gasteiger charge is 2.19. The van der Waals surface area contributed by atoms with Crippen molar-refractivity contribution >= 4 is 0 Å². The summed E-state index contributed by atoms with van der Waals surface area (Å²) in [6.07, 6.45) is 18.4. The maximum Gasteiger partial charge on any atom is 0.0807 e. The highest BCUT2D eigenvalue weighted by molar-refractivity contribution is 5.28. The van der Waals surface area contributed by atoms with Crippen LogP contribution in [-0.4, -0.2) is 9.67 Å². The molecule has 1 N–H and O–H groups in total. The summed E-state index contributed by atoms with van der Waals surface area (Å²) in [6.45, 7) is 3.39. The van der Waals surface area contributed by atoms with E-state index in [9.17, 15) is 5.11 Å². The summed E-state index contributed by atoms with van der Waals surface area (Å²) in [5.41, 5.74) is 2.57. The van der Waals surface area contributed by atoms with E-state index in [0.29, 0.717) is 0 Å². The Balaban J connectivity index is 1.60. The Labute approximate surface area is 124 Å². The fraction of sp³-hybridized carbons (Fsp3) is 0.778. The van der Waals surface area contributed by atoms with Gasteiger partial charge in [0.15, 0.2) is 0 Å². The van der Waals surface area contributed by atoms with Crippen molar-refractivity contribution in [1.82, 2.24) is 4.57 Å². The zero-order valence-corrected chi connectivity index (χ0v) is 13.1. The SMILES string of the molecule is CCCCCCCCCCn1cc2c(c1)C(O)CCC2. The predicted octanol–water partition coefficient (Wildman–Crippen LogP) is 5.00. The zero-order valence-electron chi connectivity index (χ0n) is 13.1. The lowest BCUT2D eigenvalue weighted by atomic mass is 9.93. The molecule has 2 rings (SSSR count). The molecule has 1 aromatic rings. The molecule has 114 valence electrons. The molecule has 1 atom stereocenters. The van der Waals surface area contributed by atoms with Gasteiger partial charge in [-0.3, -0.25) is 0 Å². The molecule has 0 amide bonds. The number of unbranched alkanes of at least 4 members (excludes halogenated alkanes) is 7. The number of hydrogen-bond donors (Lipinski definition) is 1. The summed E-state index contributed by atoms with van der Waals surface area (Å²) in [6, 6.07) is 0. The van der Waals surface area contributed by atoms with Crippen LogP contribution in [0.2, 0.25) is 0 Å². The van der Waals surface area contributed by atoms with Gasteiger partial charge in [-0.15, -0.1) is 0 Å². The zero-order chi connectivity index (χ0) is 14.2. The van der Waals surface area contributed by atoms with Gasteiger partial charge in [0, 0.05) is 24.5 Å². The van der Waals surface area contributed by atoms with Gasteiger partial charge < -0.3 is 9.67 Å². The number of fused-ring (bicyclic) bond motifs is 1. The van der Waals surface area contributed by atoms with Gasteiger partial charge in [0.05, 0.1) is 6.10 Å². The van der Waals surface area contributed by atoms with Crippen LogP contribution in [0.3, 0.4) is 0 Å². The van der Waals surface area contributed by atoms with Gasteiger partial charge in [0.1, 0.15) is 0 Å². The van der Waals surface area contributed by atoms with Crippen LogP contribution in [0.1, 0.15) is 88.4 Å². The highest BCUT2D eigenvalue weighted by Crippen LogP contribution is 2.30. The standard InChI is InChI=1S/C18H31NO/c1-2-3-4-5-6-7-8-9-13-19-14-16-11-10-12-18(20)17(16)15-19/h14-15,18,20H,2-13H2,1H3. The fourth-order valence-corrected chi connectivity index (χ4v) is 3.28. The van der Waals surface area contributed by atoms with E-state index in [1.807, 2.05) is 0 Å². The molecule has 0 fully saturated rings. The van der Waals surface area contributed by atoms with Crippen molar-refractivity contribution in [2.24, 2.45) is 0 Å². The Hall–Kier alpha value is -0.760. The van der Waals surface area contributed by atoms with Gasteiger partial charge in [-0.25, -0.2) is 0 Å². The lowest BCUT2D eigenvalue weighted by molar-refractivity contribution is 0.157. The lowest BCUT2D eigenvalue weighted by Crippen LogP contribution is -2.05. The number of aromatic nitrogens is 1. The van der Waals surface area contributed by atoms with Crippen LogP contribution in [0, 0.1) is 0 Å². The molecule has 0 aliphatic heterocycles. The van der Waals surface area contributed by atoms with Crippen molar-refractivity contribution in [3.05, 3.63) is 23.5 Å². The van der Waals surface area contributed by atoms with Crippen LogP contribution in [0.5, 0.6) is 0 Å². The molecular formula is C18H31NO. The minimum Gasteiger partial charge on any atom is -0.388 e. The van der Waals surface area contributed by atoms with Gasteiger partial charge in [0.25, 0.3) is 0 Å². The van der Waals surface area contributed by atoms with Crippen molar-refractivity contribution in [3.63, 3.8) is 0 Å². The molecule has 2 heteroatoms.